The Kier molecular flexibility index (Phi) is 4.83. The fraction of sp³-hybridized carbons (Fsp3) is 0.409. The van der Waals surface area contributed by atoms with Gasteiger partial charge in [0, 0.05) is 37.5 Å². The highest BCUT2D eigenvalue weighted by molar-refractivity contribution is 7.22. The Hall–Kier alpha value is -2.67. The van der Waals surface area contributed by atoms with E-state index in [9.17, 15) is 9.59 Å². The van der Waals surface area contributed by atoms with Crippen LogP contribution in [-0.2, 0) is 4.79 Å². The van der Waals surface area contributed by atoms with Crippen molar-refractivity contribution in [3.63, 3.8) is 0 Å². The number of carbonyl (C=O) groups excluding carboxylic acids is 2. The van der Waals surface area contributed by atoms with E-state index >= 15 is 0 Å². The number of fused-ring (bicyclic) bond motifs is 3. The lowest BCUT2D eigenvalue weighted by molar-refractivity contribution is -0.121. The average Bonchev–Trinajstić information content (AvgIpc) is 3.43. The maximum absolute atomic E-state index is 12.8. The van der Waals surface area contributed by atoms with Crippen molar-refractivity contribution in [1.82, 2.24) is 14.8 Å². The number of likely N-dealkylation sites (tertiary alicyclic amines) is 2. The molecule has 0 atom stereocenters. The highest BCUT2D eigenvalue weighted by atomic mass is 32.1. The predicted octanol–water partition coefficient (Wildman–Crippen LogP) is 4.32. The molecule has 6 nitrogen and oxygen atoms in total. The van der Waals surface area contributed by atoms with Crippen LogP contribution in [0.2, 0.25) is 0 Å². The predicted molar refractivity (Wildman–Crippen MR) is 116 cm³/mol. The lowest BCUT2D eigenvalue weighted by Gasteiger charge is -2.33. The third-order valence-corrected chi connectivity index (χ3v) is 6.96. The fourth-order valence-corrected chi connectivity index (χ4v) is 5.25. The third kappa shape index (κ3) is 3.55. The van der Waals surface area contributed by atoms with Gasteiger partial charge in [0.15, 0.2) is 5.13 Å². The molecule has 29 heavy (non-hydrogen) atoms. The molecule has 2 aromatic carbocycles. The minimum Gasteiger partial charge on any atom is -0.325 e. The lowest BCUT2D eigenvalue weighted by atomic mass is 9.96. The molecule has 3 heterocycles. The number of nitrogens with one attached hydrogen (secondary N) is 1. The summed E-state index contributed by atoms with van der Waals surface area (Å²) in [4.78, 5) is 33.8. The second-order valence-electron chi connectivity index (χ2n) is 7.88. The van der Waals surface area contributed by atoms with Crippen molar-refractivity contribution in [2.75, 3.05) is 31.5 Å². The van der Waals surface area contributed by atoms with Crippen LogP contribution in [0.15, 0.2) is 36.4 Å². The van der Waals surface area contributed by atoms with Crippen LogP contribution in [0.5, 0.6) is 0 Å². The number of hydrogen-bond donors (Lipinski definition) is 1. The number of nitrogens with zero attached hydrogens (tertiary/aromatic N) is 3. The van der Waals surface area contributed by atoms with Gasteiger partial charge in [-0.2, -0.15) is 0 Å². The number of piperidine rings is 1. The van der Waals surface area contributed by atoms with E-state index in [4.69, 9.17) is 0 Å². The van der Waals surface area contributed by atoms with Crippen molar-refractivity contribution in [3.8, 4) is 0 Å². The van der Waals surface area contributed by atoms with Crippen LogP contribution in [0.25, 0.3) is 21.0 Å². The van der Waals surface area contributed by atoms with Gasteiger partial charge in [0.25, 0.3) is 0 Å². The van der Waals surface area contributed by atoms with E-state index in [2.05, 4.69) is 34.6 Å². The zero-order valence-corrected chi connectivity index (χ0v) is 17.1. The standard InChI is InChI=1S/C22H24N4O2S/c27-20(16-9-13-26(14-10-16)22(28)25-11-3-4-12-25)24-21-23-19-17-6-2-1-5-15(17)7-8-18(19)29-21/h1-2,5-8,16H,3-4,9-14H2,(H,23,24,27). The maximum atomic E-state index is 12.8. The summed E-state index contributed by atoms with van der Waals surface area (Å²) in [5.41, 5.74) is 0.939. The number of hydrogen-bond acceptors (Lipinski definition) is 4. The fourth-order valence-electron chi connectivity index (χ4n) is 4.36. The second-order valence-corrected chi connectivity index (χ2v) is 8.91. The number of amides is 3. The molecule has 2 saturated heterocycles. The molecular formula is C22H24N4O2S. The Morgan fingerprint density at radius 3 is 2.48 bits per heavy atom. The Bertz CT molecular complexity index is 1070. The van der Waals surface area contributed by atoms with Gasteiger partial charge in [-0.05, 0) is 37.1 Å². The molecule has 7 heteroatoms. The van der Waals surface area contributed by atoms with Gasteiger partial charge >= 0.3 is 6.03 Å². The molecule has 0 spiro atoms. The molecule has 3 aromatic rings. The Balaban J connectivity index is 1.24. The van der Waals surface area contributed by atoms with E-state index in [1.54, 1.807) is 0 Å². The van der Waals surface area contributed by atoms with E-state index in [1.165, 1.54) is 11.3 Å². The van der Waals surface area contributed by atoms with Crippen LogP contribution in [0.1, 0.15) is 25.7 Å². The van der Waals surface area contributed by atoms with E-state index in [0.717, 1.165) is 46.9 Å². The van der Waals surface area contributed by atoms with E-state index in [-0.39, 0.29) is 17.9 Å². The van der Waals surface area contributed by atoms with Crippen LogP contribution in [0.3, 0.4) is 0 Å². The summed E-state index contributed by atoms with van der Waals surface area (Å²) in [6.45, 7) is 3.03. The summed E-state index contributed by atoms with van der Waals surface area (Å²) < 4.78 is 1.07. The molecule has 2 aliphatic heterocycles. The number of benzene rings is 2. The number of thiazole rings is 1. The first-order valence-electron chi connectivity index (χ1n) is 10.3. The summed E-state index contributed by atoms with van der Waals surface area (Å²) in [5.74, 6) is -0.0528. The van der Waals surface area contributed by atoms with Crippen LogP contribution in [0.4, 0.5) is 9.93 Å². The first-order valence-corrected chi connectivity index (χ1v) is 11.1. The summed E-state index contributed by atoms with van der Waals surface area (Å²) in [6, 6.07) is 12.5. The monoisotopic (exact) mass is 408 g/mol. The van der Waals surface area contributed by atoms with Crippen LogP contribution in [0, 0.1) is 5.92 Å². The summed E-state index contributed by atoms with van der Waals surface area (Å²) in [7, 11) is 0. The molecular weight excluding hydrogens is 384 g/mol. The number of aromatic nitrogens is 1. The minimum absolute atomic E-state index is 0.0154. The Morgan fingerprint density at radius 2 is 1.69 bits per heavy atom. The lowest BCUT2D eigenvalue weighted by Crippen LogP contribution is -2.47. The van der Waals surface area contributed by atoms with Crippen LogP contribution in [-0.4, -0.2) is 52.9 Å². The van der Waals surface area contributed by atoms with Crippen LogP contribution < -0.4 is 5.32 Å². The summed E-state index contributed by atoms with van der Waals surface area (Å²) >= 11 is 1.51. The SMILES string of the molecule is O=C(Nc1nc2c(ccc3ccccc32)s1)C1CCN(C(=O)N2CCCC2)CC1. The molecule has 0 radical (unpaired) electrons. The van der Waals surface area contributed by atoms with Crippen molar-refractivity contribution in [1.29, 1.82) is 0 Å². The highest BCUT2D eigenvalue weighted by Crippen LogP contribution is 2.32. The van der Waals surface area contributed by atoms with Gasteiger partial charge in [0.1, 0.15) is 0 Å². The first kappa shape index (κ1) is 18.4. The van der Waals surface area contributed by atoms with Crippen molar-refractivity contribution < 1.29 is 9.59 Å². The quantitative estimate of drug-likeness (QED) is 0.687. The largest absolute Gasteiger partial charge is 0.325 e. The van der Waals surface area contributed by atoms with Gasteiger partial charge in [0.05, 0.1) is 10.2 Å². The van der Waals surface area contributed by atoms with E-state index in [1.807, 2.05) is 21.9 Å². The molecule has 3 amide bonds. The summed E-state index contributed by atoms with van der Waals surface area (Å²) in [6.07, 6.45) is 3.61. The molecule has 1 aromatic heterocycles. The molecule has 2 fully saturated rings. The molecule has 0 unspecified atom stereocenters. The molecule has 150 valence electrons. The molecule has 5 rings (SSSR count). The first-order chi connectivity index (χ1) is 14.2. The van der Waals surface area contributed by atoms with E-state index in [0.29, 0.717) is 31.1 Å². The third-order valence-electron chi connectivity index (χ3n) is 6.03. The van der Waals surface area contributed by atoms with E-state index < -0.39 is 0 Å². The van der Waals surface area contributed by atoms with Gasteiger partial charge < -0.3 is 15.1 Å². The molecule has 0 bridgehead atoms. The van der Waals surface area contributed by atoms with Crippen LogP contribution >= 0.6 is 11.3 Å². The zero-order chi connectivity index (χ0) is 19.8. The van der Waals surface area contributed by atoms with Gasteiger partial charge in [-0.1, -0.05) is 41.7 Å². The smallest absolute Gasteiger partial charge is 0.319 e. The Morgan fingerprint density at radius 1 is 0.966 bits per heavy atom. The maximum Gasteiger partial charge on any atom is 0.319 e. The molecule has 0 aliphatic carbocycles. The molecule has 0 saturated carbocycles. The summed E-state index contributed by atoms with van der Waals surface area (Å²) in [5, 5.41) is 5.93. The number of anilines is 1. The van der Waals surface area contributed by atoms with Gasteiger partial charge in [-0.15, -0.1) is 0 Å². The van der Waals surface area contributed by atoms with Crippen molar-refractivity contribution in [2.24, 2.45) is 5.92 Å². The zero-order valence-electron chi connectivity index (χ0n) is 16.3. The van der Waals surface area contributed by atoms with Crippen molar-refractivity contribution >= 4 is 49.4 Å². The van der Waals surface area contributed by atoms with Crippen molar-refractivity contribution in [3.05, 3.63) is 36.4 Å². The minimum atomic E-state index is -0.0682. The topological polar surface area (TPSA) is 65.5 Å². The van der Waals surface area contributed by atoms with Gasteiger partial charge in [-0.25, -0.2) is 9.78 Å². The van der Waals surface area contributed by atoms with Gasteiger partial charge in [0.2, 0.25) is 5.91 Å². The number of rotatable bonds is 2. The number of carbonyl (C=O) groups is 2. The highest BCUT2D eigenvalue weighted by Gasteiger charge is 2.30. The number of urea groups is 1. The molecule has 2 aliphatic rings. The molecule has 1 N–H and O–H groups in total. The second kappa shape index (κ2) is 7.63. The van der Waals surface area contributed by atoms with Crippen molar-refractivity contribution in [2.45, 2.75) is 25.7 Å². The van der Waals surface area contributed by atoms with Gasteiger partial charge in [-0.3, -0.25) is 4.79 Å². The Labute approximate surface area is 173 Å². The normalized spacial score (nSPS) is 17.9. The average molecular weight is 409 g/mol.